The minimum Gasteiger partial charge on any atom is -0.323 e. The lowest BCUT2D eigenvalue weighted by molar-refractivity contribution is -0.182. The summed E-state index contributed by atoms with van der Waals surface area (Å²) in [5.74, 6) is -5.85. The van der Waals surface area contributed by atoms with E-state index >= 15 is 0 Å². The molecule has 1 aliphatic rings. The van der Waals surface area contributed by atoms with E-state index in [1.165, 1.54) is 60.7 Å². The van der Waals surface area contributed by atoms with Crippen molar-refractivity contribution in [3.63, 3.8) is 0 Å². The number of hydrogen-bond donors (Lipinski definition) is 2. The quantitative estimate of drug-likeness (QED) is 0.551. The molecular formula is C22H16F3N3O4S. The molecule has 0 fully saturated rings. The predicted octanol–water partition coefficient (Wildman–Crippen LogP) is 4.28. The lowest BCUT2D eigenvalue weighted by Gasteiger charge is -2.25. The standard InChI is InChI=1S/C22H16F3N3O4S/c23-22(24,25)19-20(29)26-17-8-4-5-9-18(17)28(21(19)30)15-12-10-14(11-13-15)27-33(31,32)16-6-2-1-3-7-16/h1-13,19,27H,(H,26,29). The maximum atomic E-state index is 13.6. The van der Waals surface area contributed by atoms with Crippen LogP contribution in [0.15, 0.2) is 83.8 Å². The lowest BCUT2D eigenvalue weighted by Crippen LogP contribution is -2.45. The van der Waals surface area contributed by atoms with Crippen LogP contribution in [0.2, 0.25) is 0 Å². The van der Waals surface area contributed by atoms with Crippen molar-refractivity contribution in [2.24, 2.45) is 5.92 Å². The van der Waals surface area contributed by atoms with Crippen LogP contribution in [-0.2, 0) is 19.6 Å². The number of anilines is 4. The van der Waals surface area contributed by atoms with E-state index in [2.05, 4.69) is 10.0 Å². The third kappa shape index (κ3) is 4.40. The molecule has 0 saturated carbocycles. The van der Waals surface area contributed by atoms with Crippen molar-refractivity contribution in [3.05, 3.63) is 78.9 Å². The first-order valence-electron chi connectivity index (χ1n) is 9.56. The Morgan fingerprint density at radius 1 is 0.848 bits per heavy atom. The molecular weight excluding hydrogens is 459 g/mol. The summed E-state index contributed by atoms with van der Waals surface area (Å²) in [6.45, 7) is 0. The molecule has 0 bridgehead atoms. The Balaban J connectivity index is 1.71. The Hall–Kier alpha value is -3.86. The fraction of sp³-hybridized carbons (Fsp3) is 0.0909. The second-order valence-corrected chi connectivity index (χ2v) is 8.80. The number of fused-ring (bicyclic) bond motifs is 1. The van der Waals surface area contributed by atoms with Gasteiger partial charge in [0.25, 0.3) is 15.9 Å². The van der Waals surface area contributed by atoms with E-state index in [1.54, 1.807) is 18.2 Å². The average molecular weight is 475 g/mol. The fourth-order valence-corrected chi connectivity index (χ4v) is 4.47. The minimum absolute atomic E-state index is 0.0286. The van der Waals surface area contributed by atoms with Crippen LogP contribution in [0.25, 0.3) is 0 Å². The monoisotopic (exact) mass is 475 g/mol. The van der Waals surface area contributed by atoms with Gasteiger partial charge >= 0.3 is 6.18 Å². The molecule has 1 aliphatic heterocycles. The second kappa shape index (κ2) is 8.24. The molecule has 33 heavy (non-hydrogen) atoms. The Morgan fingerprint density at radius 2 is 1.45 bits per heavy atom. The van der Waals surface area contributed by atoms with Crippen molar-refractivity contribution in [2.45, 2.75) is 11.1 Å². The van der Waals surface area contributed by atoms with Gasteiger partial charge in [-0.2, -0.15) is 13.2 Å². The summed E-state index contributed by atoms with van der Waals surface area (Å²) in [6.07, 6.45) is -5.10. The van der Waals surface area contributed by atoms with Crippen LogP contribution in [0.4, 0.5) is 35.9 Å². The topological polar surface area (TPSA) is 95.6 Å². The summed E-state index contributed by atoms with van der Waals surface area (Å²) in [5.41, 5.74) is 0.261. The van der Waals surface area contributed by atoms with Gasteiger partial charge in [-0.1, -0.05) is 30.3 Å². The predicted molar refractivity (Wildman–Crippen MR) is 115 cm³/mol. The number of para-hydroxylation sites is 2. The molecule has 7 nitrogen and oxygen atoms in total. The SMILES string of the molecule is O=C1Nc2ccccc2N(c2ccc(NS(=O)(=O)c3ccccc3)cc2)C(=O)C1C(F)(F)F. The van der Waals surface area contributed by atoms with Crippen molar-refractivity contribution in [1.29, 1.82) is 0 Å². The maximum Gasteiger partial charge on any atom is 0.409 e. The van der Waals surface area contributed by atoms with Crippen LogP contribution in [0.1, 0.15) is 0 Å². The molecule has 170 valence electrons. The Labute approximate surface area is 186 Å². The third-order valence-corrected chi connectivity index (χ3v) is 6.29. The van der Waals surface area contributed by atoms with Crippen LogP contribution >= 0.6 is 0 Å². The van der Waals surface area contributed by atoms with Gasteiger partial charge in [0.2, 0.25) is 11.8 Å². The molecule has 0 aromatic heterocycles. The van der Waals surface area contributed by atoms with Gasteiger partial charge in [-0.05, 0) is 48.5 Å². The summed E-state index contributed by atoms with van der Waals surface area (Å²) in [4.78, 5) is 25.9. The molecule has 0 aliphatic carbocycles. The van der Waals surface area contributed by atoms with E-state index < -0.39 is 33.9 Å². The number of sulfonamides is 1. The molecule has 0 spiro atoms. The molecule has 3 aromatic rings. The van der Waals surface area contributed by atoms with E-state index in [1.807, 2.05) is 0 Å². The zero-order chi connectivity index (χ0) is 23.8. The Bertz CT molecular complexity index is 1310. The van der Waals surface area contributed by atoms with Gasteiger partial charge in [0.05, 0.1) is 16.3 Å². The molecule has 2 N–H and O–H groups in total. The van der Waals surface area contributed by atoms with Crippen molar-refractivity contribution >= 4 is 44.6 Å². The third-order valence-electron chi connectivity index (χ3n) is 4.89. The summed E-state index contributed by atoms with van der Waals surface area (Å²) >= 11 is 0. The lowest BCUT2D eigenvalue weighted by atomic mass is 10.1. The fourth-order valence-electron chi connectivity index (χ4n) is 3.39. The van der Waals surface area contributed by atoms with E-state index in [-0.39, 0.29) is 27.6 Å². The first-order valence-corrected chi connectivity index (χ1v) is 11.0. The highest BCUT2D eigenvalue weighted by molar-refractivity contribution is 7.92. The molecule has 1 heterocycles. The van der Waals surface area contributed by atoms with Crippen LogP contribution in [0.5, 0.6) is 0 Å². The largest absolute Gasteiger partial charge is 0.409 e. The van der Waals surface area contributed by atoms with Crippen molar-refractivity contribution < 1.29 is 31.2 Å². The number of rotatable bonds is 4. The molecule has 1 atom stereocenters. The van der Waals surface area contributed by atoms with Crippen LogP contribution in [0, 0.1) is 5.92 Å². The van der Waals surface area contributed by atoms with Gasteiger partial charge in [-0.15, -0.1) is 0 Å². The number of amides is 2. The number of hydrogen-bond acceptors (Lipinski definition) is 4. The number of benzene rings is 3. The Morgan fingerprint density at radius 3 is 2.09 bits per heavy atom. The summed E-state index contributed by atoms with van der Waals surface area (Å²) in [7, 11) is -3.89. The van der Waals surface area contributed by atoms with Gasteiger partial charge in [-0.25, -0.2) is 8.42 Å². The summed E-state index contributed by atoms with van der Waals surface area (Å²) in [6, 6.07) is 18.6. The molecule has 2 amide bonds. The first-order chi connectivity index (χ1) is 15.6. The van der Waals surface area contributed by atoms with Crippen molar-refractivity contribution in [3.8, 4) is 0 Å². The molecule has 3 aromatic carbocycles. The van der Waals surface area contributed by atoms with Gasteiger partial charge < -0.3 is 5.32 Å². The van der Waals surface area contributed by atoms with E-state index in [0.717, 1.165) is 4.90 Å². The molecule has 11 heteroatoms. The van der Waals surface area contributed by atoms with Gasteiger partial charge in [0, 0.05) is 11.4 Å². The minimum atomic E-state index is -5.10. The summed E-state index contributed by atoms with van der Waals surface area (Å²) in [5, 5.41) is 2.16. The zero-order valence-corrected chi connectivity index (χ0v) is 17.5. The normalized spacial score (nSPS) is 16.6. The number of nitrogens with zero attached hydrogens (tertiary/aromatic N) is 1. The maximum absolute atomic E-state index is 13.6. The first kappa shape index (κ1) is 22.3. The van der Waals surface area contributed by atoms with Crippen LogP contribution < -0.4 is 14.9 Å². The number of nitrogens with one attached hydrogen (secondary N) is 2. The smallest absolute Gasteiger partial charge is 0.323 e. The summed E-state index contributed by atoms with van der Waals surface area (Å²) < 4.78 is 68.0. The molecule has 4 rings (SSSR count). The molecule has 0 radical (unpaired) electrons. The van der Waals surface area contributed by atoms with Gasteiger partial charge in [0.15, 0.2) is 0 Å². The highest BCUT2D eigenvalue weighted by Crippen LogP contribution is 2.40. The number of carbonyl (C=O) groups is 2. The van der Waals surface area contributed by atoms with E-state index in [4.69, 9.17) is 0 Å². The zero-order valence-electron chi connectivity index (χ0n) is 16.7. The highest BCUT2D eigenvalue weighted by atomic mass is 32.2. The van der Waals surface area contributed by atoms with Crippen molar-refractivity contribution in [1.82, 2.24) is 0 Å². The van der Waals surface area contributed by atoms with E-state index in [0.29, 0.717) is 0 Å². The van der Waals surface area contributed by atoms with Gasteiger partial charge in [-0.3, -0.25) is 19.2 Å². The van der Waals surface area contributed by atoms with Crippen LogP contribution in [0.3, 0.4) is 0 Å². The second-order valence-electron chi connectivity index (χ2n) is 7.12. The average Bonchev–Trinajstić information content (AvgIpc) is 2.87. The number of halogens is 3. The van der Waals surface area contributed by atoms with E-state index in [9.17, 15) is 31.2 Å². The number of alkyl halides is 3. The molecule has 0 saturated heterocycles. The molecule has 1 unspecified atom stereocenters. The number of carbonyl (C=O) groups excluding carboxylic acids is 2. The van der Waals surface area contributed by atoms with Gasteiger partial charge in [0.1, 0.15) is 0 Å². The highest BCUT2D eigenvalue weighted by Gasteiger charge is 2.53. The Kier molecular flexibility index (Phi) is 5.58. The van der Waals surface area contributed by atoms with Crippen LogP contribution in [-0.4, -0.2) is 26.4 Å². The van der Waals surface area contributed by atoms with Crippen molar-refractivity contribution in [2.75, 3.05) is 14.9 Å².